The lowest BCUT2D eigenvalue weighted by atomic mass is 9.92. The summed E-state index contributed by atoms with van der Waals surface area (Å²) in [7, 11) is 0. The summed E-state index contributed by atoms with van der Waals surface area (Å²) in [6.07, 6.45) is -3.22. The summed E-state index contributed by atoms with van der Waals surface area (Å²) in [6.45, 7) is 9.45. The van der Waals surface area contributed by atoms with Gasteiger partial charge in [0.05, 0.1) is 11.4 Å². The summed E-state index contributed by atoms with van der Waals surface area (Å²) in [5, 5.41) is 2.97. The Bertz CT molecular complexity index is 1010. The van der Waals surface area contributed by atoms with Gasteiger partial charge in [-0.2, -0.15) is 0 Å². The number of benzene rings is 1. The Kier molecular flexibility index (Phi) is 5.59. The van der Waals surface area contributed by atoms with Crippen molar-refractivity contribution >= 4 is 17.4 Å². The van der Waals surface area contributed by atoms with E-state index >= 15 is 0 Å². The van der Waals surface area contributed by atoms with Crippen LogP contribution >= 0.6 is 0 Å². The molecule has 1 aromatic carbocycles. The van der Waals surface area contributed by atoms with Crippen LogP contribution in [-0.2, 0) is 11.3 Å². The zero-order chi connectivity index (χ0) is 23.3. The molecule has 0 bridgehead atoms. The van der Waals surface area contributed by atoms with Crippen LogP contribution in [-0.4, -0.2) is 23.8 Å². The molecule has 0 spiro atoms. The number of amides is 1. The molecular weight excluding hydrogens is 419 g/mol. The van der Waals surface area contributed by atoms with Crippen LogP contribution in [0.25, 0.3) is 0 Å². The first kappa shape index (κ1) is 22.4. The van der Waals surface area contributed by atoms with Crippen LogP contribution < -0.4 is 15.0 Å². The van der Waals surface area contributed by atoms with E-state index < -0.39 is 6.36 Å². The van der Waals surface area contributed by atoms with Gasteiger partial charge in [0.15, 0.2) is 0 Å². The number of halogens is 3. The molecule has 2 heterocycles. The number of hydrogen-bond acceptors (Lipinski definition) is 4. The molecule has 0 saturated heterocycles. The average Bonchev–Trinajstić information content (AvgIpc) is 3.41. The zero-order valence-electron chi connectivity index (χ0n) is 18.7. The van der Waals surface area contributed by atoms with E-state index in [0.717, 1.165) is 35.5 Å². The molecule has 2 aromatic rings. The molecule has 1 N–H and O–H groups in total. The van der Waals surface area contributed by atoms with Crippen molar-refractivity contribution in [1.29, 1.82) is 0 Å². The van der Waals surface area contributed by atoms with Crippen LogP contribution in [0.5, 0.6) is 5.75 Å². The predicted octanol–water partition coefficient (Wildman–Crippen LogP) is 5.79. The molecule has 2 atom stereocenters. The van der Waals surface area contributed by atoms with Gasteiger partial charge in [0.2, 0.25) is 5.91 Å². The summed E-state index contributed by atoms with van der Waals surface area (Å²) in [5.41, 5.74) is 3.71. The number of carbonyl (C=O) groups is 1. The quantitative estimate of drug-likeness (QED) is 0.631. The van der Waals surface area contributed by atoms with Crippen molar-refractivity contribution in [2.24, 2.45) is 11.3 Å². The minimum atomic E-state index is -4.70. The van der Waals surface area contributed by atoms with E-state index in [2.05, 4.69) is 21.0 Å². The molecule has 172 valence electrons. The number of carbonyl (C=O) groups excluding carboxylic acids is 1. The summed E-state index contributed by atoms with van der Waals surface area (Å²) in [5.74, 6) is 1.26. The molecule has 2 aliphatic rings. The third kappa shape index (κ3) is 5.34. The van der Waals surface area contributed by atoms with Gasteiger partial charge < -0.3 is 15.0 Å². The van der Waals surface area contributed by atoms with Crippen molar-refractivity contribution in [2.45, 2.75) is 59.4 Å². The van der Waals surface area contributed by atoms with Gasteiger partial charge in [-0.3, -0.25) is 4.79 Å². The van der Waals surface area contributed by atoms with Gasteiger partial charge in [-0.05, 0) is 54.0 Å². The van der Waals surface area contributed by atoms with Crippen LogP contribution in [0.15, 0.2) is 30.3 Å². The van der Waals surface area contributed by atoms with Crippen molar-refractivity contribution in [3.63, 3.8) is 0 Å². The van der Waals surface area contributed by atoms with Gasteiger partial charge in [0, 0.05) is 25.4 Å². The molecule has 8 heteroatoms. The van der Waals surface area contributed by atoms with Gasteiger partial charge in [0.25, 0.3) is 0 Å². The van der Waals surface area contributed by atoms with Gasteiger partial charge in [-0.1, -0.05) is 32.9 Å². The highest BCUT2D eigenvalue weighted by atomic mass is 19.4. The van der Waals surface area contributed by atoms with Crippen LogP contribution in [0.2, 0.25) is 0 Å². The molecule has 1 aliphatic carbocycles. The van der Waals surface area contributed by atoms with E-state index in [1.165, 1.54) is 12.1 Å². The Morgan fingerprint density at radius 3 is 2.53 bits per heavy atom. The molecule has 5 nitrogen and oxygen atoms in total. The largest absolute Gasteiger partial charge is 0.573 e. The lowest BCUT2D eigenvalue weighted by molar-refractivity contribution is -0.274. The molecule has 4 rings (SSSR count). The average molecular weight is 448 g/mol. The van der Waals surface area contributed by atoms with Crippen molar-refractivity contribution in [2.75, 3.05) is 16.8 Å². The second-order valence-electron chi connectivity index (χ2n) is 10.0. The first-order valence-corrected chi connectivity index (χ1v) is 10.8. The summed E-state index contributed by atoms with van der Waals surface area (Å²) < 4.78 is 41.1. The third-order valence-electron chi connectivity index (χ3n) is 5.77. The molecule has 0 radical (unpaired) electrons. The van der Waals surface area contributed by atoms with E-state index in [-0.39, 0.29) is 17.1 Å². The van der Waals surface area contributed by atoms with E-state index in [4.69, 9.17) is 4.98 Å². The Balaban J connectivity index is 1.52. The highest BCUT2D eigenvalue weighted by Gasteiger charge is 2.46. The fourth-order valence-corrected chi connectivity index (χ4v) is 4.26. The van der Waals surface area contributed by atoms with Crippen molar-refractivity contribution < 1.29 is 22.7 Å². The Hall–Kier alpha value is -2.77. The summed E-state index contributed by atoms with van der Waals surface area (Å²) in [6, 6.07) is 8.04. The van der Waals surface area contributed by atoms with Gasteiger partial charge in [-0.25, -0.2) is 4.98 Å². The van der Waals surface area contributed by atoms with E-state index in [1.54, 1.807) is 12.1 Å². The van der Waals surface area contributed by atoms with E-state index in [9.17, 15) is 18.0 Å². The molecular formula is C24H28F3N3O2. The van der Waals surface area contributed by atoms with E-state index in [1.807, 2.05) is 27.7 Å². The van der Waals surface area contributed by atoms with Crippen LogP contribution in [0, 0.1) is 18.3 Å². The number of pyridine rings is 1. The molecule has 1 amide bonds. The Labute approximate surface area is 186 Å². The monoisotopic (exact) mass is 447 g/mol. The number of fused-ring (bicyclic) bond motifs is 3. The number of ether oxygens (including phenoxy) is 1. The molecule has 1 fully saturated rings. The van der Waals surface area contributed by atoms with Crippen LogP contribution in [0.3, 0.4) is 0 Å². The number of nitrogens with one attached hydrogen (secondary N) is 1. The lowest BCUT2D eigenvalue weighted by Gasteiger charge is -2.31. The number of nitrogens with zero attached hydrogens (tertiary/aromatic N) is 2. The van der Waals surface area contributed by atoms with Crippen LogP contribution in [0.1, 0.15) is 56.4 Å². The topological polar surface area (TPSA) is 54.5 Å². The standard InChI is InChI=1S/C24H28F3N3O2/c1-14-9-19-21(29-22(14)28-20(31)11-23(2,3)4)18-10-16(18)13-30(19)12-15-5-7-17(8-6-15)32-24(25,26)27/h5-9,16,18H,10-13H2,1-4H3,(H,28,29,31)/t16-,18-/m0/s1. The minimum absolute atomic E-state index is 0.0470. The second-order valence-corrected chi connectivity index (χ2v) is 10.0. The Morgan fingerprint density at radius 2 is 1.91 bits per heavy atom. The molecule has 32 heavy (non-hydrogen) atoms. The minimum Gasteiger partial charge on any atom is -0.406 e. The fraction of sp³-hybridized carbons (Fsp3) is 0.500. The predicted molar refractivity (Wildman–Crippen MR) is 117 cm³/mol. The molecule has 1 aromatic heterocycles. The fourth-order valence-electron chi connectivity index (χ4n) is 4.26. The number of aryl methyl sites for hydroxylation is 1. The van der Waals surface area contributed by atoms with E-state index in [0.29, 0.717) is 30.6 Å². The van der Waals surface area contributed by atoms with Crippen molar-refractivity contribution in [3.05, 3.63) is 47.2 Å². The highest BCUT2D eigenvalue weighted by Crippen LogP contribution is 2.54. The molecule has 0 unspecified atom stereocenters. The van der Waals surface area contributed by atoms with Crippen molar-refractivity contribution in [1.82, 2.24) is 4.98 Å². The zero-order valence-corrected chi connectivity index (χ0v) is 18.7. The number of alkyl halides is 3. The SMILES string of the molecule is Cc1cc2c(nc1NC(=O)CC(C)(C)C)[C@H]1C[C@H]1CN2Cc1ccc(OC(F)(F)F)cc1. The summed E-state index contributed by atoms with van der Waals surface area (Å²) in [4.78, 5) is 19.5. The molecule has 1 saturated carbocycles. The number of anilines is 2. The van der Waals surface area contributed by atoms with Gasteiger partial charge in [-0.15, -0.1) is 13.2 Å². The highest BCUT2D eigenvalue weighted by molar-refractivity contribution is 5.91. The normalized spacial score (nSPS) is 19.8. The number of hydrogen-bond donors (Lipinski definition) is 1. The third-order valence-corrected chi connectivity index (χ3v) is 5.77. The van der Waals surface area contributed by atoms with Gasteiger partial charge in [0.1, 0.15) is 11.6 Å². The second kappa shape index (κ2) is 7.98. The van der Waals surface area contributed by atoms with Crippen molar-refractivity contribution in [3.8, 4) is 5.75 Å². The lowest BCUT2D eigenvalue weighted by Crippen LogP contribution is -2.30. The first-order valence-electron chi connectivity index (χ1n) is 10.8. The summed E-state index contributed by atoms with van der Waals surface area (Å²) >= 11 is 0. The Morgan fingerprint density at radius 1 is 1.22 bits per heavy atom. The smallest absolute Gasteiger partial charge is 0.406 e. The number of aromatic nitrogens is 1. The first-order chi connectivity index (χ1) is 14.9. The van der Waals surface area contributed by atoms with Gasteiger partial charge >= 0.3 is 6.36 Å². The molecule has 1 aliphatic heterocycles. The maximum Gasteiger partial charge on any atom is 0.573 e. The number of rotatable bonds is 5. The maximum atomic E-state index is 12.4. The maximum absolute atomic E-state index is 12.4. The van der Waals surface area contributed by atoms with Crippen LogP contribution in [0.4, 0.5) is 24.7 Å².